The predicted octanol–water partition coefficient (Wildman–Crippen LogP) is 2.86. The lowest BCUT2D eigenvalue weighted by molar-refractivity contribution is -0.160. The molecule has 0 atom stereocenters. The average Bonchev–Trinajstić information content (AvgIpc) is 2.80. The van der Waals surface area contributed by atoms with E-state index >= 15 is 0 Å². The van der Waals surface area contributed by atoms with Crippen LogP contribution in [0.3, 0.4) is 0 Å². The van der Waals surface area contributed by atoms with Crippen molar-refractivity contribution >= 4 is 18.6 Å². The van der Waals surface area contributed by atoms with Gasteiger partial charge >= 0.3 is 13.1 Å². The molecular formula is C21H33BO7. The van der Waals surface area contributed by atoms with Crippen LogP contribution in [0.15, 0.2) is 12.1 Å². The van der Waals surface area contributed by atoms with E-state index in [4.69, 9.17) is 28.3 Å². The second-order valence-electron chi connectivity index (χ2n) is 9.07. The Morgan fingerprint density at radius 1 is 1.00 bits per heavy atom. The lowest BCUT2D eigenvalue weighted by Crippen LogP contribution is -2.41. The van der Waals surface area contributed by atoms with Crippen LogP contribution >= 0.6 is 0 Å². The average molecular weight is 408 g/mol. The van der Waals surface area contributed by atoms with E-state index in [2.05, 4.69) is 0 Å². The summed E-state index contributed by atoms with van der Waals surface area (Å²) in [5.74, 6) is 0.709. The number of esters is 1. The number of ether oxygens (including phenoxy) is 4. The van der Waals surface area contributed by atoms with E-state index in [1.54, 1.807) is 14.2 Å². The summed E-state index contributed by atoms with van der Waals surface area (Å²) in [4.78, 5) is 11.9. The molecule has 0 bridgehead atoms. The summed E-state index contributed by atoms with van der Waals surface area (Å²) in [5, 5.41) is 0. The Labute approximate surface area is 174 Å². The normalized spacial score (nSPS) is 17.9. The molecule has 7 nitrogen and oxygen atoms in total. The van der Waals surface area contributed by atoms with Gasteiger partial charge < -0.3 is 28.3 Å². The molecular weight excluding hydrogens is 375 g/mol. The second kappa shape index (κ2) is 8.54. The highest BCUT2D eigenvalue weighted by atomic mass is 16.7. The molecule has 1 aromatic rings. The van der Waals surface area contributed by atoms with Crippen molar-refractivity contribution in [3.63, 3.8) is 0 Å². The summed E-state index contributed by atoms with van der Waals surface area (Å²) in [6.45, 7) is 13.4. The van der Waals surface area contributed by atoms with Gasteiger partial charge in [-0.1, -0.05) is 0 Å². The van der Waals surface area contributed by atoms with Crippen LogP contribution in [-0.4, -0.2) is 50.7 Å². The van der Waals surface area contributed by atoms with E-state index in [0.29, 0.717) is 17.1 Å². The van der Waals surface area contributed by atoms with Crippen molar-refractivity contribution in [2.45, 2.75) is 71.9 Å². The summed E-state index contributed by atoms with van der Waals surface area (Å²) < 4.78 is 34.1. The van der Waals surface area contributed by atoms with Gasteiger partial charge in [0.25, 0.3) is 0 Å². The summed E-state index contributed by atoms with van der Waals surface area (Å²) in [7, 11) is 2.60. The minimum absolute atomic E-state index is 0.134. The number of hydrogen-bond donors (Lipinski definition) is 0. The van der Waals surface area contributed by atoms with Crippen LogP contribution in [-0.2, 0) is 30.2 Å². The molecule has 0 unspecified atom stereocenters. The van der Waals surface area contributed by atoms with Crippen molar-refractivity contribution in [2.75, 3.05) is 20.8 Å². The third kappa shape index (κ3) is 5.65. The fraction of sp³-hybridized carbons (Fsp3) is 0.667. The predicted molar refractivity (Wildman–Crippen MR) is 111 cm³/mol. The minimum atomic E-state index is -0.555. The van der Waals surface area contributed by atoms with Gasteiger partial charge in [0.1, 0.15) is 23.7 Å². The van der Waals surface area contributed by atoms with E-state index < -0.39 is 29.9 Å². The number of methoxy groups -OCH3 is 2. The van der Waals surface area contributed by atoms with Gasteiger partial charge in [0.05, 0.1) is 37.6 Å². The molecule has 0 saturated carbocycles. The standard InChI is InChI=1S/C21H33BO7/c1-19(2,3)27-18(23)13-26-12-15-16(24-8)10-14(11-17(15)25-9)22-28-20(4,5)21(6,7)29-22/h10-11H,12-13H2,1-9H3. The van der Waals surface area contributed by atoms with Gasteiger partial charge in [-0.15, -0.1) is 0 Å². The monoisotopic (exact) mass is 408 g/mol. The van der Waals surface area contributed by atoms with Crippen molar-refractivity contribution in [2.24, 2.45) is 0 Å². The second-order valence-corrected chi connectivity index (χ2v) is 9.07. The zero-order chi connectivity index (χ0) is 22.0. The van der Waals surface area contributed by atoms with Crippen LogP contribution in [0.5, 0.6) is 11.5 Å². The largest absolute Gasteiger partial charge is 0.496 e. The molecule has 1 aliphatic rings. The van der Waals surface area contributed by atoms with Gasteiger partial charge in [-0.25, -0.2) is 4.79 Å². The van der Waals surface area contributed by atoms with Crippen molar-refractivity contribution in [1.29, 1.82) is 0 Å². The fourth-order valence-corrected chi connectivity index (χ4v) is 2.87. The van der Waals surface area contributed by atoms with Crippen LogP contribution in [0, 0.1) is 0 Å². The number of rotatable bonds is 7. The maximum absolute atomic E-state index is 11.9. The Bertz CT molecular complexity index is 696. The fourth-order valence-electron chi connectivity index (χ4n) is 2.87. The third-order valence-corrected chi connectivity index (χ3v) is 5.04. The molecule has 1 heterocycles. The lowest BCUT2D eigenvalue weighted by atomic mass is 9.78. The Hall–Kier alpha value is -1.77. The van der Waals surface area contributed by atoms with Crippen LogP contribution in [0.1, 0.15) is 54.0 Å². The first-order valence-electron chi connectivity index (χ1n) is 9.69. The number of carbonyl (C=O) groups excluding carboxylic acids is 1. The maximum Gasteiger partial charge on any atom is 0.495 e. The number of hydrogen-bond acceptors (Lipinski definition) is 7. The van der Waals surface area contributed by atoms with Crippen LogP contribution < -0.4 is 14.9 Å². The number of carbonyl (C=O) groups is 1. The SMILES string of the molecule is COc1cc(B2OC(C)(C)C(C)(C)O2)cc(OC)c1COCC(=O)OC(C)(C)C. The molecule has 0 N–H and O–H groups in total. The van der Waals surface area contributed by atoms with Gasteiger partial charge in [-0.05, 0) is 66.1 Å². The first-order chi connectivity index (χ1) is 13.3. The Morgan fingerprint density at radius 2 is 1.48 bits per heavy atom. The zero-order valence-electron chi connectivity index (χ0n) is 19.0. The lowest BCUT2D eigenvalue weighted by Gasteiger charge is -2.32. The highest BCUT2D eigenvalue weighted by Crippen LogP contribution is 2.37. The maximum atomic E-state index is 11.9. The molecule has 29 heavy (non-hydrogen) atoms. The smallest absolute Gasteiger partial charge is 0.495 e. The molecule has 1 saturated heterocycles. The summed E-state index contributed by atoms with van der Waals surface area (Å²) >= 11 is 0. The van der Waals surface area contributed by atoms with Crippen molar-refractivity contribution in [1.82, 2.24) is 0 Å². The van der Waals surface area contributed by atoms with Crippen LogP contribution in [0.2, 0.25) is 0 Å². The topological polar surface area (TPSA) is 72.5 Å². The molecule has 1 aromatic carbocycles. The molecule has 0 radical (unpaired) electrons. The van der Waals surface area contributed by atoms with Crippen LogP contribution in [0.25, 0.3) is 0 Å². The molecule has 8 heteroatoms. The van der Waals surface area contributed by atoms with Gasteiger partial charge in [-0.3, -0.25) is 0 Å². The van der Waals surface area contributed by atoms with E-state index in [9.17, 15) is 4.79 Å². The highest BCUT2D eigenvalue weighted by molar-refractivity contribution is 6.62. The quantitative estimate of drug-likeness (QED) is 0.508. The summed E-state index contributed by atoms with van der Waals surface area (Å²) in [6, 6.07) is 3.69. The molecule has 0 aliphatic carbocycles. The van der Waals surface area contributed by atoms with Gasteiger partial charge in [0, 0.05) is 0 Å². The van der Waals surface area contributed by atoms with Gasteiger partial charge in [-0.2, -0.15) is 0 Å². The Morgan fingerprint density at radius 3 is 1.90 bits per heavy atom. The summed E-state index contributed by atoms with van der Waals surface area (Å²) in [5.41, 5.74) is 0.0214. The summed E-state index contributed by atoms with van der Waals surface area (Å²) in [6.07, 6.45) is 0. The Kier molecular flexibility index (Phi) is 6.92. The third-order valence-electron chi connectivity index (χ3n) is 5.04. The van der Waals surface area contributed by atoms with E-state index in [1.165, 1.54) is 0 Å². The van der Waals surface area contributed by atoms with E-state index in [1.807, 2.05) is 60.6 Å². The Balaban J connectivity index is 2.18. The van der Waals surface area contributed by atoms with Crippen molar-refractivity contribution in [3.8, 4) is 11.5 Å². The molecule has 2 rings (SSSR count). The molecule has 1 fully saturated rings. The van der Waals surface area contributed by atoms with E-state index in [-0.39, 0.29) is 13.2 Å². The zero-order valence-corrected chi connectivity index (χ0v) is 19.0. The molecule has 0 aromatic heterocycles. The molecule has 1 aliphatic heterocycles. The molecule has 0 amide bonds. The van der Waals surface area contributed by atoms with Gasteiger partial charge in [0.2, 0.25) is 0 Å². The van der Waals surface area contributed by atoms with E-state index in [0.717, 1.165) is 5.46 Å². The van der Waals surface area contributed by atoms with Crippen molar-refractivity contribution in [3.05, 3.63) is 17.7 Å². The minimum Gasteiger partial charge on any atom is -0.496 e. The van der Waals surface area contributed by atoms with Crippen LogP contribution in [0.4, 0.5) is 0 Å². The van der Waals surface area contributed by atoms with Gasteiger partial charge in [0.15, 0.2) is 0 Å². The van der Waals surface area contributed by atoms with Crippen molar-refractivity contribution < 1.29 is 33.1 Å². The molecule has 162 valence electrons. The number of benzene rings is 1. The first kappa shape index (κ1) is 23.5. The first-order valence-corrected chi connectivity index (χ1v) is 9.69. The molecule has 0 spiro atoms. The highest BCUT2D eigenvalue weighted by Gasteiger charge is 2.52.